The molecule has 2 aromatic rings. The van der Waals surface area contributed by atoms with E-state index in [1.54, 1.807) is 18.4 Å². The third kappa shape index (κ3) is 4.14. The fraction of sp³-hybridized carbons (Fsp3) is 0.421. The highest BCUT2D eigenvalue weighted by molar-refractivity contribution is 7.10. The van der Waals surface area contributed by atoms with Crippen molar-refractivity contribution in [1.82, 2.24) is 5.32 Å². The molecule has 3 rings (SSSR count). The molecule has 1 aliphatic rings. The molecule has 0 unspecified atom stereocenters. The van der Waals surface area contributed by atoms with Gasteiger partial charge in [-0.05, 0) is 47.9 Å². The van der Waals surface area contributed by atoms with E-state index in [2.05, 4.69) is 22.8 Å². The second-order valence-electron chi connectivity index (χ2n) is 6.13. The maximum absolute atomic E-state index is 12.5. The molecule has 4 heteroatoms. The standard InChI is InChI=1S/C19H23NO2S/c1-22-16-10-8-14(9-11-16)13-18(21)20-19(15-5-2-3-6-15)17-7-4-12-23-17/h4,7-12,15,19H,2-3,5-6,13H2,1H3,(H,20,21)/t19-/m0/s1. The minimum absolute atomic E-state index is 0.0977. The zero-order chi connectivity index (χ0) is 16.1. The van der Waals surface area contributed by atoms with Gasteiger partial charge in [0.15, 0.2) is 0 Å². The minimum Gasteiger partial charge on any atom is -0.497 e. The zero-order valence-electron chi connectivity index (χ0n) is 13.5. The molecule has 0 spiro atoms. The van der Waals surface area contributed by atoms with Crippen LogP contribution in [-0.2, 0) is 11.2 Å². The molecule has 0 saturated heterocycles. The van der Waals surface area contributed by atoms with Crippen molar-refractivity contribution < 1.29 is 9.53 Å². The van der Waals surface area contributed by atoms with E-state index in [0.717, 1.165) is 11.3 Å². The van der Waals surface area contributed by atoms with Crippen LogP contribution in [0.5, 0.6) is 5.75 Å². The quantitative estimate of drug-likeness (QED) is 0.856. The molecule has 122 valence electrons. The van der Waals surface area contributed by atoms with Gasteiger partial charge in [-0.2, -0.15) is 0 Å². The second kappa shape index (κ2) is 7.64. The van der Waals surface area contributed by atoms with E-state index in [1.807, 2.05) is 24.3 Å². The number of nitrogens with one attached hydrogen (secondary N) is 1. The van der Waals surface area contributed by atoms with Gasteiger partial charge in [-0.1, -0.05) is 31.0 Å². The maximum atomic E-state index is 12.5. The summed E-state index contributed by atoms with van der Waals surface area (Å²) >= 11 is 1.74. The van der Waals surface area contributed by atoms with E-state index in [4.69, 9.17) is 4.74 Å². The SMILES string of the molecule is COc1ccc(CC(=O)N[C@H](c2cccs2)C2CCCC2)cc1. The summed E-state index contributed by atoms with van der Waals surface area (Å²) in [7, 11) is 1.65. The molecule has 1 aliphatic carbocycles. The Morgan fingerprint density at radius 1 is 1.26 bits per heavy atom. The Morgan fingerprint density at radius 2 is 2.00 bits per heavy atom. The molecule has 1 fully saturated rings. The number of methoxy groups -OCH3 is 1. The van der Waals surface area contributed by atoms with Crippen LogP contribution in [0.1, 0.15) is 42.2 Å². The lowest BCUT2D eigenvalue weighted by atomic mass is 9.96. The lowest BCUT2D eigenvalue weighted by Crippen LogP contribution is -2.33. The highest BCUT2D eigenvalue weighted by atomic mass is 32.1. The van der Waals surface area contributed by atoms with Crippen LogP contribution in [0, 0.1) is 5.92 Å². The third-order valence-electron chi connectivity index (χ3n) is 4.56. The van der Waals surface area contributed by atoms with Crippen LogP contribution in [-0.4, -0.2) is 13.0 Å². The van der Waals surface area contributed by atoms with Crippen molar-refractivity contribution in [3.05, 3.63) is 52.2 Å². The summed E-state index contributed by atoms with van der Waals surface area (Å²) in [6, 6.07) is 12.1. The summed E-state index contributed by atoms with van der Waals surface area (Å²) in [4.78, 5) is 13.8. The summed E-state index contributed by atoms with van der Waals surface area (Å²) in [5.41, 5.74) is 1.01. The van der Waals surface area contributed by atoms with Crippen molar-refractivity contribution in [3.63, 3.8) is 0 Å². The summed E-state index contributed by atoms with van der Waals surface area (Å²) < 4.78 is 5.16. The van der Waals surface area contributed by atoms with Gasteiger partial charge in [0.1, 0.15) is 5.75 Å². The molecular weight excluding hydrogens is 306 g/mol. The van der Waals surface area contributed by atoms with Crippen LogP contribution in [0.4, 0.5) is 0 Å². The number of benzene rings is 1. The van der Waals surface area contributed by atoms with Gasteiger partial charge in [0.25, 0.3) is 0 Å². The Bertz CT molecular complexity index is 615. The topological polar surface area (TPSA) is 38.3 Å². The predicted octanol–water partition coefficient (Wildman–Crippen LogP) is 4.35. The lowest BCUT2D eigenvalue weighted by molar-refractivity contribution is -0.121. The van der Waals surface area contributed by atoms with Gasteiger partial charge in [0.2, 0.25) is 5.91 Å². The van der Waals surface area contributed by atoms with E-state index >= 15 is 0 Å². The molecule has 23 heavy (non-hydrogen) atoms. The number of amides is 1. The van der Waals surface area contributed by atoms with Crippen LogP contribution in [0.15, 0.2) is 41.8 Å². The van der Waals surface area contributed by atoms with Gasteiger partial charge < -0.3 is 10.1 Å². The van der Waals surface area contributed by atoms with E-state index in [9.17, 15) is 4.79 Å². The normalized spacial score (nSPS) is 16.2. The number of hydrogen-bond acceptors (Lipinski definition) is 3. The predicted molar refractivity (Wildman–Crippen MR) is 93.9 cm³/mol. The summed E-state index contributed by atoms with van der Waals surface area (Å²) in [5, 5.41) is 5.37. The Kier molecular flexibility index (Phi) is 5.34. The first-order chi connectivity index (χ1) is 11.3. The average Bonchev–Trinajstić information content (AvgIpc) is 3.27. The Hall–Kier alpha value is -1.81. The van der Waals surface area contributed by atoms with Crippen molar-refractivity contribution >= 4 is 17.2 Å². The van der Waals surface area contributed by atoms with Crippen LogP contribution in [0.2, 0.25) is 0 Å². The van der Waals surface area contributed by atoms with Gasteiger partial charge >= 0.3 is 0 Å². The molecule has 1 saturated carbocycles. The first-order valence-electron chi connectivity index (χ1n) is 8.22. The van der Waals surface area contributed by atoms with E-state index in [-0.39, 0.29) is 11.9 Å². The van der Waals surface area contributed by atoms with Crippen molar-refractivity contribution in [3.8, 4) is 5.75 Å². The first-order valence-corrected chi connectivity index (χ1v) is 9.10. The van der Waals surface area contributed by atoms with Gasteiger partial charge in [0, 0.05) is 4.88 Å². The fourth-order valence-corrected chi connectivity index (χ4v) is 4.20. The van der Waals surface area contributed by atoms with Gasteiger partial charge in [0.05, 0.1) is 19.6 Å². The monoisotopic (exact) mass is 329 g/mol. The Balaban J connectivity index is 1.65. The number of thiophene rings is 1. The smallest absolute Gasteiger partial charge is 0.224 e. The van der Waals surface area contributed by atoms with Crippen LogP contribution >= 0.6 is 11.3 Å². The zero-order valence-corrected chi connectivity index (χ0v) is 14.3. The molecule has 0 bridgehead atoms. The highest BCUT2D eigenvalue weighted by Crippen LogP contribution is 2.37. The molecule has 1 N–H and O–H groups in total. The Morgan fingerprint density at radius 3 is 2.61 bits per heavy atom. The Labute approximate surface area is 141 Å². The highest BCUT2D eigenvalue weighted by Gasteiger charge is 2.28. The molecule has 0 radical (unpaired) electrons. The van der Waals surface area contributed by atoms with Gasteiger partial charge in [-0.25, -0.2) is 0 Å². The van der Waals surface area contributed by atoms with E-state index < -0.39 is 0 Å². The summed E-state index contributed by atoms with van der Waals surface area (Å²) in [6.07, 6.45) is 5.40. The summed E-state index contributed by atoms with van der Waals surface area (Å²) in [5.74, 6) is 1.49. The number of carbonyl (C=O) groups excluding carboxylic acids is 1. The van der Waals surface area contributed by atoms with Crippen molar-refractivity contribution in [2.45, 2.75) is 38.1 Å². The number of ether oxygens (including phenoxy) is 1. The van der Waals surface area contributed by atoms with Crippen molar-refractivity contribution in [2.24, 2.45) is 5.92 Å². The maximum Gasteiger partial charge on any atom is 0.224 e. The molecule has 1 aromatic heterocycles. The van der Waals surface area contributed by atoms with Crippen LogP contribution < -0.4 is 10.1 Å². The largest absolute Gasteiger partial charge is 0.497 e. The average molecular weight is 329 g/mol. The number of hydrogen-bond donors (Lipinski definition) is 1. The molecule has 3 nitrogen and oxygen atoms in total. The van der Waals surface area contributed by atoms with Crippen LogP contribution in [0.3, 0.4) is 0 Å². The molecule has 0 aliphatic heterocycles. The number of carbonyl (C=O) groups is 1. The van der Waals surface area contributed by atoms with E-state index in [0.29, 0.717) is 12.3 Å². The first kappa shape index (κ1) is 16.1. The summed E-state index contributed by atoms with van der Waals surface area (Å²) in [6.45, 7) is 0. The second-order valence-corrected chi connectivity index (χ2v) is 7.11. The number of rotatable bonds is 6. The minimum atomic E-state index is 0.0977. The van der Waals surface area contributed by atoms with Gasteiger partial charge in [-0.3, -0.25) is 4.79 Å². The van der Waals surface area contributed by atoms with Crippen molar-refractivity contribution in [1.29, 1.82) is 0 Å². The molecule has 1 atom stereocenters. The third-order valence-corrected chi connectivity index (χ3v) is 5.52. The molecule has 1 amide bonds. The molecule has 1 heterocycles. The van der Waals surface area contributed by atoms with Gasteiger partial charge in [-0.15, -0.1) is 11.3 Å². The lowest BCUT2D eigenvalue weighted by Gasteiger charge is -2.24. The molecular formula is C19H23NO2S. The van der Waals surface area contributed by atoms with Crippen molar-refractivity contribution in [2.75, 3.05) is 7.11 Å². The van der Waals surface area contributed by atoms with Crippen LogP contribution in [0.25, 0.3) is 0 Å². The fourth-order valence-electron chi connectivity index (χ4n) is 3.33. The molecule has 1 aromatic carbocycles. The van der Waals surface area contributed by atoms with E-state index in [1.165, 1.54) is 30.6 Å².